The van der Waals surface area contributed by atoms with Gasteiger partial charge in [-0.25, -0.2) is 4.79 Å². The van der Waals surface area contributed by atoms with Gasteiger partial charge in [0.15, 0.2) is 0 Å². The molecule has 1 amide bonds. The zero-order valence-corrected chi connectivity index (χ0v) is 12.9. The number of ketones is 1. The summed E-state index contributed by atoms with van der Waals surface area (Å²) in [5.41, 5.74) is 8.26. The Morgan fingerprint density at radius 1 is 1.27 bits per heavy atom. The molecule has 0 aromatic heterocycles. The molecule has 1 N–H and O–H groups in total. The number of nitrogens with one attached hydrogen (secondary N) is 1. The van der Waals surface area contributed by atoms with Gasteiger partial charge in [-0.15, -0.1) is 0 Å². The minimum Gasteiger partial charge on any atom is -0.462 e. The van der Waals surface area contributed by atoms with E-state index in [0.29, 0.717) is 0 Å². The van der Waals surface area contributed by atoms with Crippen molar-refractivity contribution in [1.29, 1.82) is 0 Å². The van der Waals surface area contributed by atoms with E-state index in [-0.39, 0.29) is 26.1 Å². The van der Waals surface area contributed by atoms with E-state index in [1.807, 2.05) is 0 Å². The van der Waals surface area contributed by atoms with Gasteiger partial charge in [-0.1, -0.05) is 0 Å². The van der Waals surface area contributed by atoms with E-state index in [9.17, 15) is 14.4 Å². The summed E-state index contributed by atoms with van der Waals surface area (Å²) in [6, 6.07) is -1.00. The van der Waals surface area contributed by atoms with Crippen LogP contribution in [0.1, 0.15) is 19.8 Å². The molecule has 0 aliphatic heterocycles. The van der Waals surface area contributed by atoms with Gasteiger partial charge in [-0.05, 0) is 13.3 Å². The number of amides is 1. The van der Waals surface area contributed by atoms with Crippen molar-refractivity contribution in [2.45, 2.75) is 31.9 Å². The second-order valence-electron chi connectivity index (χ2n) is 4.35. The number of hydrogen-bond donors (Lipinski definition) is 1. The Morgan fingerprint density at radius 2 is 1.95 bits per heavy atom. The molecular formula is C13H21N3O6. The highest BCUT2D eigenvalue weighted by Crippen LogP contribution is 2.02. The van der Waals surface area contributed by atoms with Gasteiger partial charge in [0.25, 0.3) is 0 Å². The number of ether oxygens (including phenoxy) is 3. The molecule has 0 aromatic rings. The zero-order valence-electron chi connectivity index (χ0n) is 12.9. The molecule has 0 aliphatic rings. The first-order chi connectivity index (χ1) is 10.5. The van der Waals surface area contributed by atoms with Gasteiger partial charge in [0.1, 0.15) is 18.8 Å². The molecule has 0 heterocycles. The molecule has 22 heavy (non-hydrogen) atoms. The smallest absolute Gasteiger partial charge is 0.328 e. The van der Waals surface area contributed by atoms with Crippen molar-refractivity contribution < 1.29 is 33.4 Å². The molecule has 0 fully saturated rings. The quantitative estimate of drug-likeness (QED) is 0.177. The summed E-state index contributed by atoms with van der Waals surface area (Å²) < 4.78 is 14.5. The van der Waals surface area contributed by atoms with Gasteiger partial charge in [-0.3, -0.25) is 9.59 Å². The van der Waals surface area contributed by atoms with Crippen molar-refractivity contribution in [3.8, 4) is 0 Å². The summed E-state index contributed by atoms with van der Waals surface area (Å²) in [6.45, 7) is 1.77. The van der Waals surface area contributed by atoms with Gasteiger partial charge < -0.3 is 25.1 Å². The highest BCUT2D eigenvalue weighted by molar-refractivity contribution is 6.25. The van der Waals surface area contributed by atoms with Gasteiger partial charge in [0.2, 0.25) is 11.7 Å². The predicted molar refractivity (Wildman–Crippen MR) is 75.2 cm³/mol. The number of hydrogen-bond acceptors (Lipinski definition) is 6. The van der Waals surface area contributed by atoms with Crippen LogP contribution in [0.25, 0.3) is 5.53 Å². The highest BCUT2D eigenvalue weighted by atomic mass is 16.6. The highest BCUT2D eigenvalue weighted by Gasteiger charge is 2.25. The summed E-state index contributed by atoms with van der Waals surface area (Å²) in [4.78, 5) is 37.6. The van der Waals surface area contributed by atoms with E-state index in [0.717, 1.165) is 6.21 Å². The molecule has 0 radical (unpaired) electrons. The van der Waals surface area contributed by atoms with Crippen molar-refractivity contribution in [3.63, 3.8) is 0 Å². The minimum absolute atomic E-state index is 0.0127. The second kappa shape index (κ2) is 11.6. The van der Waals surface area contributed by atoms with Crippen molar-refractivity contribution in [2.24, 2.45) is 0 Å². The minimum atomic E-state index is -1.00. The first-order valence-electron chi connectivity index (χ1n) is 6.65. The fourth-order valence-electron chi connectivity index (χ4n) is 1.39. The fourth-order valence-corrected chi connectivity index (χ4v) is 1.39. The topological polar surface area (TPSA) is 127 Å². The van der Waals surface area contributed by atoms with Gasteiger partial charge in [0, 0.05) is 20.6 Å². The average molecular weight is 315 g/mol. The normalized spacial score (nSPS) is 12.7. The van der Waals surface area contributed by atoms with Crippen molar-refractivity contribution in [3.05, 3.63) is 5.53 Å². The SMILES string of the molecule is COCCOC(=O)[C@H](CCC(=O)C=[N+]=[N-])NC(=O)[C@@H](C)OC. The van der Waals surface area contributed by atoms with Crippen LogP contribution in [0.3, 0.4) is 0 Å². The number of Topliss-reactive ketones (excluding diaryl/α,β-unsaturated/α-hetero) is 1. The van der Waals surface area contributed by atoms with E-state index < -0.39 is 29.8 Å². The number of carbonyl (C=O) groups excluding carboxylic acids is 3. The average Bonchev–Trinajstić information content (AvgIpc) is 2.50. The number of nitrogens with zero attached hydrogens (tertiary/aromatic N) is 2. The summed E-state index contributed by atoms with van der Waals surface area (Å²) >= 11 is 0. The third-order valence-corrected chi connectivity index (χ3v) is 2.74. The molecule has 0 aliphatic carbocycles. The van der Waals surface area contributed by atoms with Crippen LogP contribution in [0.15, 0.2) is 0 Å². The number of carbonyl (C=O) groups is 3. The monoisotopic (exact) mass is 315 g/mol. The largest absolute Gasteiger partial charge is 0.462 e. The molecule has 9 heteroatoms. The lowest BCUT2D eigenvalue weighted by molar-refractivity contribution is -0.150. The number of esters is 1. The van der Waals surface area contributed by atoms with Crippen LogP contribution >= 0.6 is 0 Å². The molecule has 9 nitrogen and oxygen atoms in total. The third kappa shape index (κ3) is 8.25. The molecule has 0 aromatic carbocycles. The lowest BCUT2D eigenvalue weighted by Gasteiger charge is -2.19. The Morgan fingerprint density at radius 3 is 2.50 bits per heavy atom. The van der Waals surface area contributed by atoms with Crippen LogP contribution in [0, 0.1) is 0 Å². The van der Waals surface area contributed by atoms with Crippen LogP contribution < -0.4 is 5.32 Å². The molecule has 124 valence electrons. The molecular weight excluding hydrogens is 294 g/mol. The molecule has 0 spiro atoms. The van der Waals surface area contributed by atoms with Crippen molar-refractivity contribution in [1.82, 2.24) is 5.32 Å². The Bertz CT molecular complexity index is 433. The van der Waals surface area contributed by atoms with E-state index in [4.69, 9.17) is 19.7 Å². The van der Waals surface area contributed by atoms with Crippen LogP contribution in [-0.4, -0.2) is 68.2 Å². The molecule has 0 rings (SSSR count). The van der Waals surface area contributed by atoms with Gasteiger partial charge in [0.05, 0.1) is 6.61 Å². The first-order valence-corrected chi connectivity index (χ1v) is 6.65. The first kappa shape index (κ1) is 19.9. The summed E-state index contributed by atoms with van der Waals surface area (Å²) in [5.74, 6) is -1.66. The zero-order chi connectivity index (χ0) is 17.0. The Hall–Kier alpha value is -2.09. The summed E-state index contributed by atoms with van der Waals surface area (Å²) in [7, 11) is 2.82. The summed E-state index contributed by atoms with van der Waals surface area (Å²) in [5, 5.41) is 2.45. The van der Waals surface area contributed by atoms with E-state index in [1.165, 1.54) is 21.1 Å². The van der Waals surface area contributed by atoms with Gasteiger partial charge >= 0.3 is 12.2 Å². The maximum absolute atomic E-state index is 11.9. The lowest BCUT2D eigenvalue weighted by atomic mass is 10.1. The van der Waals surface area contributed by atoms with Crippen LogP contribution in [0.5, 0.6) is 0 Å². The van der Waals surface area contributed by atoms with Crippen molar-refractivity contribution in [2.75, 3.05) is 27.4 Å². The predicted octanol–water partition coefficient (Wildman–Crippen LogP) is -0.654. The van der Waals surface area contributed by atoms with E-state index in [1.54, 1.807) is 0 Å². The maximum atomic E-state index is 11.9. The maximum Gasteiger partial charge on any atom is 0.328 e. The van der Waals surface area contributed by atoms with Crippen molar-refractivity contribution >= 4 is 23.9 Å². The van der Waals surface area contributed by atoms with E-state index in [2.05, 4.69) is 10.1 Å². The second-order valence-corrected chi connectivity index (χ2v) is 4.35. The lowest BCUT2D eigenvalue weighted by Crippen LogP contribution is -2.46. The Balaban J connectivity index is 4.67. The Labute approximate surface area is 128 Å². The Kier molecular flexibility index (Phi) is 10.5. The van der Waals surface area contributed by atoms with Crippen LogP contribution in [0.4, 0.5) is 0 Å². The van der Waals surface area contributed by atoms with Crippen LogP contribution in [0.2, 0.25) is 0 Å². The molecule has 0 unspecified atom stereocenters. The molecule has 0 saturated carbocycles. The standard InChI is InChI=1S/C13H21N3O6/c1-9(21-3)12(18)16-11(5-4-10(17)8-15-14)13(19)22-7-6-20-2/h8-9,11H,4-7H2,1-3H3,(H,16,18)/t9-,11+/m1/s1. The third-order valence-electron chi connectivity index (χ3n) is 2.74. The number of rotatable bonds is 11. The van der Waals surface area contributed by atoms with Gasteiger partial charge in [-0.2, -0.15) is 4.79 Å². The molecule has 0 saturated heterocycles. The summed E-state index contributed by atoms with van der Waals surface area (Å²) in [6.07, 6.45) is -0.0920. The molecule has 0 bridgehead atoms. The van der Waals surface area contributed by atoms with Crippen LogP contribution in [-0.2, 0) is 28.6 Å². The van der Waals surface area contributed by atoms with E-state index >= 15 is 0 Å². The molecule has 2 atom stereocenters. The number of methoxy groups -OCH3 is 2. The fraction of sp³-hybridized carbons (Fsp3) is 0.692.